The predicted octanol–water partition coefficient (Wildman–Crippen LogP) is 2.93. The van der Waals surface area contributed by atoms with Crippen molar-refractivity contribution >= 4 is 5.71 Å². The molecular weight excluding hydrogens is 184 g/mol. The fourth-order valence-corrected chi connectivity index (χ4v) is 1.69. The fraction of sp³-hybridized carbons (Fsp3) is 0.615. The Bertz CT molecular complexity index is 296. The van der Waals surface area contributed by atoms with Crippen LogP contribution >= 0.6 is 0 Å². The summed E-state index contributed by atoms with van der Waals surface area (Å²) >= 11 is 0. The Morgan fingerprint density at radius 1 is 1.53 bits per heavy atom. The number of nitrogens with zero attached hydrogens (tertiary/aromatic N) is 1. The van der Waals surface area contributed by atoms with Gasteiger partial charge in [-0.1, -0.05) is 32.9 Å². The molecule has 0 aliphatic carbocycles. The van der Waals surface area contributed by atoms with Crippen molar-refractivity contribution < 1.29 is 0 Å². The van der Waals surface area contributed by atoms with E-state index in [9.17, 15) is 0 Å². The molecule has 15 heavy (non-hydrogen) atoms. The Labute approximate surface area is 93.2 Å². The molecule has 0 bridgehead atoms. The third-order valence-electron chi connectivity index (χ3n) is 2.47. The standard InChI is InChI=1S/C13H22N2/c1-5-8-14-12(10(2)3)13-11(4)7-6-9-15-13/h6-7,10,15H,5,8-9H2,1-4H3/b14-12-. The summed E-state index contributed by atoms with van der Waals surface area (Å²) in [6.45, 7) is 10.6. The van der Waals surface area contributed by atoms with Gasteiger partial charge in [-0.2, -0.15) is 0 Å². The molecular formula is C13H22N2. The van der Waals surface area contributed by atoms with Gasteiger partial charge in [0.05, 0.1) is 11.4 Å². The van der Waals surface area contributed by atoms with Crippen LogP contribution in [0.1, 0.15) is 34.1 Å². The number of dihydropyridines is 1. The van der Waals surface area contributed by atoms with E-state index in [1.165, 1.54) is 17.0 Å². The van der Waals surface area contributed by atoms with Gasteiger partial charge in [0.2, 0.25) is 0 Å². The van der Waals surface area contributed by atoms with Crippen LogP contribution in [0.5, 0.6) is 0 Å². The summed E-state index contributed by atoms with van der Waals surface area (Å²) in [5, 5.41) is 3.42. The lowest BCUT2D eigenvalue weighted by Gasteiger charge is -2.20. The Morgan fingerprint density at radius 2 is 2.27 bits per heavy atom. The van der Waals surface area contributed by atoms with Crippen molar-refractivity contribution in [2.75, 3.05) is 13.1 Å². The monoisotopic (exact) mass is 206 g/mol. The first kappa shape index (κ1) is 12.0. The van der Waals surface area contributed by atoms with E-state index in [2.05, 4.69) is 50.2 Å². The maximum atomic E-state index is 4.68. The third-order valence-corrected chi connectivity index (χ3v) is 2.47. The molecule has 1 aliphatic heterocycles. The summed E-state index contributed by atoms with van der Waals surface area (Å²) in [4.78, 5) is 4.68. The molecule has 1 aliphatic rings. The zero-order chi connectivity index (χ0) is 11.3. The molecule has 1 rings (SSSR count). The largest absolute Gasteiger partial charge is 0.380 e. The number of rotatable bonds is 4. The fourth-order valence-electron chi connectivity index (χ4n) is 1.69. The van der Waals surface area contributed by atoms with E-state index in [0.717, 1.165) is 19.5 Å². The Kier molecular flexibility index (Phi) is 4.60. The van der Waals surface area contributed by atoms with Gasteiger partial charge >= 0.3 is 0 Å². The van der Waals surface area contributed by atoms with E-state index in [-0.39, 0.29) is 0 Å². The van der Waals surface area contributed by atoms with Gasteiger partial charge in [-0.15, -0.1) is 0 Å². The lowest BCUT2D eigenvalue weighted by atomic mass is 9.99. The van der Waals surface area contributed by atoms with Crippen molar-refractivity contribution in [3.8, 4) is 0 Å². The second-order valence-corrected chi connectivity index (χ2v) is 4.26. The van der Waals surface area contributed by atoms with E-state index in [1.54, 1.807) is 0 Å². The molecule has 2 nitrogen and oxygen atoms in total. The van der Waals surface area contributed by atoms with Gasteiger partial charge in [0.15, 0.2) is 0 Å². The first-order valence-electron chi connectivity index (χ1n) is 5.82. The molecule has 2 heteroatoms. The molecule has 0 aromatic rings. The minimum Gasteiger partial charge on any atom is -0.380 e. The van der Waals surface area contributed by atoms with Crippen LogP contribution in [0.4, 0.5) is 0 Å². The van der Waals surface area contributed by atoms with Crippen molar-refractivity contribution in [3.05, 3.63) is 23.4 Å². The molecule has 0 atom stereocenters. The van der Waals surface area contributed by atoms with Crippen LogP contribution < -0.4 is 5.32 Å². The van der Waals surface area contributed by atoms with Crippen molar-refractivity contribution in [1.29, 1.82) is 0 Å². The van der Waals surface area contributed by atoms with E-state index in [4.69, 9.17) is 0 Å². The molecule has 1 heterocycles. The molecule has 1 N–H and O–H groups in total. The maximum Gasteiger partial charge on any atom is 0.0607 e. The predicted molar refractivity (Wildman–Crippen MR) is 67.3 cm³/mol. The lowest BCUT2D eigenvalue weighted by molar-refractivity contribution is 0.816. The van der Waals surface area contributed by atoms with Crippen LogP contribution in [0.3, 0.4) is 0 Å². The van der Waals surface area contributed by atoms with Gasteiger partial charge in [-0.3, -0.25) is 4.99 Å². The molecule has 0 aromatic heterocycles. The van der Waals surface area contributed by atoms with Crippen LogP contribution in [0.2, 0.25) is 0 Å². The molecule has 0 fully saturated rings. The van der Waals surface area contributed by atoms with E-state index >= 15 is 0 Å². The highest BCUT2D eigenvalue weighted by Gasteiger charge is 2.14. The van der Waals surface area contributed by atoms with Gasteiger partial charge in [-0.25, -0.2) is 0 Å². The average Bonchev–Trinajstić information content (AvgIpc) is 2.20. The SMILES string of the molecule is CCC/N=C(\C1=C(C)C=CCN1)C(C)C. The highest BCUT2D eigenvalue weighted by molar-refractivity contribution is 6.02. The summed E-state index contributed by atoms with van der Waals surface area (Å²) in [5.41, 5.74) is 3.75. The Balaban J connectivity index is 2.93. The van der Waals surface area contributed by atoms with Gasteiger partial charge in [0.1, 0.15) is 0 Å². The van der Waals surface area contributed by atoms with Crippen molar-refractivity contribution in [3.63, 3.8) is 0 Å². The highest BCUT2D eigenvalue weighted by atomic mass is 14.9. The van der Waals surface area contributed by atoms with Crippen LogP contribution in [-0.2, 0) is 0 Å². The smallest absolute Gasteiger partial charge is 0.0607 e. The lowest BCUT2D eigenvalue weighted by Crippen LogP contribution is -2.27. The molecule has 0 spiro atoms. The minimum absolute atomic E-state index is 0.487. The number of aliphatic imine (C=N–C) groups is 1. The number of hydrogen-bond acceptors (Lipinski definition) is 2. The van der Waals surface area contributed by atoms with Crippen LogP contribution in [0.25, 0.3) is 0 Å². The van der Waals surface area contributed by atoms with Crippen molar-refractivity contribution in [2.24, 2.45) is 10.9 Å². The zero-order valence-electron chi connectivity index (χ0n) is 10.3. The van der Waals surface area contributed by atoms with Crippen LogP contribution in [0, 0.1) is 5.92 Å². The molecule has 0 saturated heterocycles. The number of nitrogens with one attached hydrogen (secondary N) is 1. The summed E-state index contributed by atoms with van der Waals surface area (Å²) in [6.07, 6.45) is 5.44. The summed E-state index contributed by atoms with van der Waals surface area (Å²) in [7, 11) is 0. The summed E-state index contributed by atoms with van der Waals surface area (Å²) in [6, 6.07) is 0. The molecule has 0 amide bonds. The number of hydrogen-bond donors (Lipinski definition) is 1. The van der Waals surface area contributed by atoms with Crippen molar-refractivity contribution in [2.45, 2.75) is 34.1 Å². The van der Waals surface area contributed by atoms with Crippen LogP contribution in [-0.4, -0.2) is 18.8 Å². The molecule has 0 aromatic carbocycles. The second-order valence-electron chi connectivity index (χ2n) is 4.26. The van der Waals surface area contributed by atoms with Crippen LogP contribution in [0.15, 0.2) is 28.4 Å². The third kappa shape index (κ3) is 3.22. The molecule has 0 radical (unpaired) electrons. The average molecular weight is 206 g/mol. The van der Waals surface area contributed by atoms with Gasteiger partial charge in [-0.05, 0) is 24.8 Å². The topological polar surface area (TPSA) is 24.4 Å². The quantitative estimate of drug-likeness (QED) is 0.703. The highest BCUT2D eigenvalue weighted by Crippen LogP contribution is 2.14. The second kappa shape index (κ2) is 5.74. The zero-order valence-corrected chi connectivity index (χ0v) is 10.3. The van der Waals surface area contributed by atoms with Gasteiger partial charge < -0.3 is 5.32 Å². The van der Waals surface area contributed by atoms with E-state index in [0.29, 0.717) is 5.92 Å². The maximum absolute atomic E-state index is 4.68. The summed E-state index contributed by atoms with van der Waals surface area (Å²) < 4.78 is 0. The first-order valence-corrected chi connectivity index (χ1v) is 5.82. The first-order chi connectivity index (χ1) is 7.16. The van der Waals surface area contributed by atoms with Crippen molar-refractivity contribution in [1.82, 2.24) is 5.32 Å². The van der Waals surface area contributed by atoms with Gasteiger partial charge in [0.25, 0.3) is 0 Å². The Morgan fingerprint density at radius 3 is 2.80 bits per heavy atom. The summed E-state index contributed by atoms with van der Waals surface area (Å²) in [5.74, 6) is 0.487. The minimum atomic E-state index is 0.487. The molecule has 0 saturated carbocycles. The van der Waals surface area contributed by atoms with E-state index in [1.807, 2.05) is 0 Å². The number of allylic oxidation sites excluding steroid dienone is 3. The molecule has 84 valence electrons. The Hall–Kier alpha value is -1.05. The molecule has 0 unspecified atom stereocenters. The van der Waals surface area contributed by atoms with E-state index < -0.39 is 0 Å². The van der Waals surface area contributed by atoms with Gasteiger partial charge in [0, 0.05) is 13.1 Å². The normalized spacial score (nSPS) is 17.3.